The van der Waals surface area contributed by atoms with Crippen molar-refractivity contribution in [3.8, 4) is 0 Å². The van der Waals surface area contributed by atoms with Crippen LogP contribution in [0, 0.1) is 11.7 Å². The largest absolute Gasteiger partial charge is 0.312 e. The molecule has 1 N–H and O–H groups in total. The van der Waals surface area contributed by atoms with Gasteiger partial charge in [-0.05, 0) is 36.2 Å². The normalized spacial score (nSPS) is 11.0. The number of rotatable bonds is 6. The SMILES string of the molecule is CC(C)CNCc1cccc(F)c1Sc1ccccn1. The molecule has 0 fully saturated rings. The zero-order valence-electron chi connectivity index (χ0n) is 11.8. The predicted octanol–water partition coefficient (Wildman–Crippen LogP) is 4.12. The molecule has 0 amide bonds. The molecular formula is C16H19FN2S. The zero-order valence-corrected chi connectivity index (χ0v) is 12.6. The Morgan fingerprint density at radius 2 is 2.05 bits per heavy atom. The van der Waals surface area contributed by atoms with Gasteiger partial charge in [0.2, 0.25) is 0 Å². The van der Waals surface area contributed by atoms with E-state index in [-0.39, 0.29) is 5.82 Å². The number of hydrogen-bond acceptors (Lipinski definition) is 3. The molecule has 20 heavy (non-hydrogen) atoms. The van der Waals surface area contributed by atoms with E-state index in [2.05, 4.69) is 24.1 Å². The van der Waals surface area contributed by atoms with Crippen molar-refractivity contribution in [2.75, 3.05) is 6.54 Å². The Bertz CT molecular complexity index is 543. The monoisotopic (exact) mass is 290 g/mol. The number of halogens is 1. The van der Waals surface area contributed by atoms with Crippen LogP contribution >= 0.6 is 11.8 Å². The molecule has 1 heterocycles. The van der Waals surface area contributed by atoms with Gasteiger partial charge in [0.25, 0.3) is 0 Å². The highest BCUT2D eigenvalue weighted by molar-refractivity contribution is 7.99. The fraction of sp³-hybridized carbons (Fsp3) is 0.312. The van der Waals surface area contributed by atoms with E-state index in [1.54, 1.807) is 12.3 Å². The lowest BCUT2D eigenvalue weighted by molar-refractivity contribution is 0.543. The molecule has 0 unspecified atom stereocenters. The smallest absolute Gasteiger partial charge is 0.137 e. The van der Waals surface area contributed by atoms with Gasteiger partial charge in [-0.15, -0.1) is 0 Å². The quantitative estimate of drug-likeness (QED) is 0.866. The minimum Gasteiger partial charge on any atom is -0.312 e. The number of hydrogen-bond donors (Lipinski definition) is 1. The van der Waals surface area contributed by atoms with Crippen molar-refractivity contribution in [3.63, 3.8) is 0 Å². The van der Waals surface area contributed by atoms with Gasteiger partial charge in [0, 0.05) is 12.7 Å². The average molecular weight is 290 g/mol. The first-order valence-corrected chi connectivity index (χ1v) is 7.55. The maximum Gasteiger partial charge on any atom is 0.137 e. The van der Waals surface area contributed by atoms with Crippen LogP contribution in [0.3, 0.4) is 0 Å². The van der Waals surface area contributed by atoms with Crippen LogP contribution in [0.1, 0.15) is 19.4 Å². The summed E-state index contributed by atoms with van der Waals surface area (Å²) in [7, 11) is 0. The first-order valence-electron chi connectivity index (χ1n) is 6.74. The third kappa shape index (κ3) is 4.32. The van der Waals surface area contributed by atoms with Gasteiger partial charge in [0.15, 0.2) is 0 Å². The maximum atomic E-state index is 14.0. The van der Waals surface area contributed by atoms with E-state index in [4.69, 9.17) is 0 Å². The van der Waals surface area contributed by atoms with Crippen LogP contribution in [0.2, 0.25) is 0 Å². The van der Waals surface area contributed by atoms with E-state index in [0.29, 0.717) is 17.4 Å². The highest BCUT2D eigenvalue weighted by atomic mass is 32.2. The Hall–Kier alpha value is -1.39. The van der Waals surface area contributed by atoms with E-state index < -0.39 is 0 Å². The first kappa shape index (κ1) is 15.0. The summed E-state index contributed by atoms with van der Waals surface area (Å²) in [5.74, 6) is 0.389. The molecule has 0 radical (unpaired) electrons. The van der Waals surface area contributed by atoms with Crippen molar-refractivity contribution in [2.45, 2.75) is 30.3 Å². The van der Waals surface area contributed by atoms with Crippen molar-refractivity contribution in [1.29, 1.82) is 0 Å². The predicted molar refractivity (Wildman–Crippen MR) is 81.3 cm³/mol. The molecule has 0 saturated heterocycles. The summed E-state index contributed by atoms with van der Waals surface area (Å²) in [5, 5.41) is 4.16. The Morgan fingerprint density at radius 3 is 2.75 bits per heavy atom. The standard InChI is InChI=1S/C16H19FN2S/c1-12(2)10-18-11-13-6-5-7-14(17)16(13)20-15-8-3-4-9-19-15/h3-9,12,18H,10-11H2,1-2H3. The molecular weight excluding hydrogens is 271 g/mol. The molecule has 0 bridgehead atoms. The van der Waals surface area contributed by atoms with Gasteiger partial charge in [-0.1, -0.05) is 43.8 Å². The third-order valence-corrected chi connectivity index (χ3v) is 3.87. The third-order valence-electron chi connectivity index (χ3n) is 2.76. The number of pyridine rings is 1. The fourth-order valence-electron chi connectivity index (χ4n) is 1.81. The summed E-state index contributed by atoms with van der Waals surface area (Å²) in [6.45, 7) is 5.90. The summed E-state index contributed by atoms with van der Waals surface area (Å²) >= 11 is 1.37. The number of nitrogens with one attached hydrogen (secondary N) is 1. The molecule has 2 rings (SSSR count). The Kier molecular flexibility index (Phi) is 5.56. The Labute approximate surface area is 123 Å². The van der Waals surface area contributed by atoms with Gasteiger partial charge in [0.05, 0.1) is 4.90 Å². The van der Waals surface area contributed by atoms with Crippen LogP contribution in [-0.2, 0) is 6.54 Å². The lowest BCUT2D eigenvalue weighted by Crippen LogP contribution is -2.19. The van der Waals surface area contributed by atoms with Crippen LogP contribution in [0.15, 0.2) is 52.5 Å². The molecule has 0 aliphatic carbocycles. The van der Waals surface area contributed by atoms with Crippen molar-refractivity contribution in [1.82, 2.24) is 10.3 Å². The number of nitrogens with zero attached hydrogens (tertiary/aromatic N) is 1. The van der Waals surface area contributed by atoms with Crippen LogP contribution in [-0.4, -0.2) is 11.5 Å². The molecule has 1 aromatic carbocycles. The molecule has 0 spiro atoms. The second-order valence-electron chi connectivity index (χ2n) is 5.02. The summed E-state index contributed by atoms with van der Waals surface area (Å²) < 4.78 is 14.0. The van der Waals surface area contributed by atoms with Gasteiger partial charge < -0.3 is 5.32 Å². The number of benzene rings is 1. The van der Waals surface area contributed by atoms with Crippen molar-refractivity contribution in [2.24, 2.45) is 5.92 Å². The second kappa shape index (κ2) is 7.41. The maximum absolute atomic E-state index is 14.0. The molecule has 0 atom stereocenters. The summed E-state index contributed by atoms with van der Waals surface area (Å²) in [6.07, 6.45) is 1.72. The molecule has 106 valence electrons. The van der Waals surface area contributed by atoms with E-state index in [1.165, 1.54) is 17.8 Å². The average Bonchev–Trinajstić information content (AvgIpc) is 2.43. The highest BCUT2D eigenvalue weighted by Crippen LogP contribution is 2.31. The molecule has 0 aliphatic rings. The van der Waals surface area contributed by atoms with Gasteiger partial charge in [-0.3, -0.25) is 0 Å². The van der Waals surface area contributed by atoms with Crippen LogP contribution in [0.5, 0.6) is 0 Å². The molecule has 4 heteroatoms. The molecule has 2 aromatic rings. The Balaban J connectivity index is 2.14. The minimum atomic E-state index is -0.190. The lowest BCUT2D eigenvalue weighted by Gasteiger charge is -2.12. The summed E-state index contributed by atoms with van der Waals surface area (Å²) in [4.78, 5) is 4.90. The van der Waals surface area contributed by atoms with E-state index in [9.17, 15) is 4.39 Å². The molecule has 0 saturated carbocycles. The van der Waals surface area contributed by atoms with Gasteiger partial charge in [-0.2, -0.15) is 0 Å². The van der Waals surface area contributed by atoms with Crippen LogP contribution in [0.25, 0.3) is 0 Å². The van der Waals surface area contributed by atoms with Crippen LogP contribution in [0.4, 0.5) is 4.39 Å². The van der Waals surface area contributed by atoms with Crippen molar-refractivity contribution >= 4 is 11.8 Å². The zero-order chi connectivity index (χ0) is 14.4. The second-order valence-corrected chi connectivity index (χ2v) is 6.05. The molecule has 0 aliphatic heterocycles. The number of aromatic nitrogens is 1. The van der Waals surface area contributed by atoms with Crippen molar-refractivity contribution < 1.29 is 4.39 Å². The van der Waals surface area contributed by atoms with Gasteiger partial charge >= 0.3 is 0 Å². The minimum absolute atomic E-state index is 0.190. The van der Waals surface area contributed by atoms with Gasteiger partial charge in [-0.25, -0.2) is 9.37 Å². The summed E-state index contributed by atoms with van der Waals surface area (Å²) in [6, 6.07) is 10.9. The topological polar surface area (TPSA) is 24.9 Å². The van der Waals surface area contributed by atoms with Crippen molar-refractivity contribution in [3.05, 3.63) is 54.0 Å². The van der Waals surface area contributed by atoms with Gasteiger partial charge in [0.1, 0.15) is 10.8 Å². The van der Waals surface area contributed by atoms with E-state index >= 15 is 0 Å². The first-order chi connectivity index (χ1) is 9.66. The van der Waals surface area contributed by atoms with E-state index in [1.807, 2.05) is 24.3 Å². The molecule has 2 nitrogen and oxygen atoms in total. The highest BCUT2D eigenvalue weighted by Gasteiger charge is 2.10. The lowest BCUT2D eigenvalue weighted by atomic mass is 10.2. The van der Waals surface area contributed by atoms with Crippen LogP contribution < -0.4 is 5.32 Å². The van der Waals surface area contributed by atoms with E-state index in [0.717, 1.165) is 17.1 Å². The fourth-order valence-corrected chi connectivity index (χ4v) is 2.72. The summed E-state index contributed by atoms with van der Waals surface area (Å²) in [5.41, 5.74) is 0.973. The molecule has 1 aromatic heterocycles. The Morgan fingerprint density at radius 1 is 1.20 bits per heavy atom.